The number of tetrazole rings is 1. The Bertz CT molecular complexity index is 1780. The molecule has 12 nitrogen and oxygen atoms in total. The van der Waals surface area contributed by atoms with Crippen LogP contribution in [0.1, 0.15) is 16.7 Å². The van der Waals surface area contributed by atoms with Gasteiger partial charge in [0.15, 0.2) is 0 Å². The van der Waals surface area contributed by atoms with E-state index in [1.54, 1.807) is 82.0 Å². The summed E-state index contributed by atoms with van der Waals surface area (Å²) in [6, 6.07) is 25.7. The number of hydrogen-bond donors (Lipinski definition) is 2. The number of nitrogens with zero attached hydrogens (tertiary/aromatic N) is 5. The first-order valence-corrected chi connectivity index (χ1v) is 15.3. The van der Waals surface area contributed by atoms with Gasteiger partial charge in [-0.1, -0.05) is 48.5 Å². The molecule has 0 aliphatic carbocycles. The SMILES string of the molecule is COc1ccc(CN(Cc2ccc(OC)cc2)S(=O)(=O)c2cccc(B(O)O)c2-c2nnn(Cc3ccc(OC)cc3)n2)cc1. The number of hydrogen-bond acceptors (Lipinski definition) is 10. The topological polar surface area (TPSA) is 149 Å². The Morgan fingerprint density at radius 1 is 0.733 bits per heavy atom. The van der Waals surface area contributed by atoms with Gasteiger partial charge in [0, 0.05) is 18.7 Å². The van der Waals surface area contributed by atoms with Crippen LogP contribution in [0.5, 0.6) is 17.2 Å². The molecule has 0 unspecified atom stereocenters. The van der Waals surface area contributed by atoms with E-state index in [-0.39, 0.29) is 41.4 Å². The third-order valence-corrected chi connectivity index (χ3v) is 8.98. The maximum Gasteiger partial charge on any atom is 0.489 e. The number of benzene rings is 4. The van der Waals surface area contributed by atoms with Gasteiger partial charge in [-0.2, -0.15) is 9.10 Å². The van der Waals surface area contributed by atoms with Crippen molar-refractivity contribution in [3.63, 3.8) is 0 Å². The zero-order chi connectivity index (χ0) is 32.0. The molecule has 0 amide bonds. The van der Waals surface area contributed by atoms with E-state index in [0.29, 0.717) is 17.2 Å². The summed E-state index contributed by atoms with van der Waals surface area (Å²) in [5.74, 6) is 1.90. The second-order valence-electron chi connectivity index (χ2n) is 10.1. The van der Waals surface area contributed by atoms with Crippen LogP contribution in [0.2, 0.25) is 0 Å². The van der Waals surface area contributed by atoms with E-state index < -0.39 is 17.1 Å². The minimum atomic E-state index is -4.30. The first-order chi connectivity index (χ1) is 21.7. The lowest BCUT2D eigenvalue weighted by Gasteiger charge is -2.24. The second-order valence-corrected chi connectivity index (χ2v) is 12.0. The van der Waals surface area contributed by atoms with Crippen LogP contribution in [-0.4, -0.2) is 71.4 Å². The molecule has 45 heavy (non-hydrogen) atoms. The Balaban J connectivity index is 1.56. The molecular weight excluding hydrogens is 597 g/mol. The van der Waals surface area contributed by atoms with Gasteiger partial charge in [-0.3, -0.25) is 0 Å². The predicted octanol–water partition coefficient (Wildman–Crippen LogP) is 2.49. The van der Waals surface area contributed by atoms with Crippen molar-refractivity contribution < 1.29 is 32.7 Å². The molecule has 4 aromatic carbocycles. The minimum absolute atomic E-state index is 0.0152. The lowest BCUT2D eigenvalue weighted by Crippen LogP contribution is -2.36. The lowest BCUT2D eigenvalue weighted by atomic mass is 9.77. The van der Waals surface area contributed by atoms with Gasteiger partial charge < -0.3 is 24.3 Å². The Kier molecular flexibility index (Phi) is 9.79. The summed E-state index contributed by atoms with van der Waals surface area (Å²) in [6.07, 6.45) is 0. The van der Waals surface area contributed by atoms with Gasteiger partial charge in [0.05, 0.1) is 32.8 Å². The van der Waals surface area contributed by atoms with Gasteiger partial charge in [-0.25, -0.2) is 8.42 Å². The van der Waals surface area contributed by atoms with Crippen molar-refractivity contribution in [2.24, 2.45) is 0 Å². The highest BCUT2D eigenvalue weighted by Gasteiger charge is 2.33. The molecule has 0 aliphatic rings. The molecule has 1 heterocycles. The first-order valence-electron chi connectivity index (χ1n) is 13.9. The number of sulfonamides is 1. The number of methoxy groups -OCH3 is 3. The van der Waals surface area contributed by atoms with E-state index >= 15 is 0 Å². The number of ether oxygens (including phenoxy) is 3. The molecule has 0 saturated heterocycles. The third-order valence-electron chi connectivity index (χ3n) is 7.15. The van der Waals surface area contributed by atoms with E-state index in [1.807, 2.05) is 12.1 Å². The summed E-state index contributed by atoms with van der Waals surface area (Å²) in [7, 11) is -1.61. The normalized spacial score (nSPS) is 11.4. The first kappa shape index (κ1) is 31.7. The Morgan fingerprint density at radius 2 is 1.22 bits per heavy atom. The molecule has 2 N–H and O–H groups in total. The monoisotopic (exact) mass is 629 g/mol. The van der Waals surface area contributed by atoms with Gasteiger partial charge in [0.2, 0.25) is 15.8 Å². The van der Waals surface area contributed by atoms with E-state index in [1.165, 1.54) is 27.3 Å². The second kappa shape index (κ2) is 13.9. The fourth-order valence-corrected chi connectivity index (χ4v) is 6.39. The molecule has 232 valence electrons. The molecule has 14 heteroatoms. The molecule has 0 spiro atoms. The van der Waals surface area contributed by atoms with E-state index in [0.717, 1.165) is 16.7 Å². The maximum atomic E-state index is 14.5. The van der Waals surface area contributed by atoms with Crippen molar-refractivity contribution in [2.75, 3.05) is 21.3 Å². The van der Waals surface area contributed by atoms with E-state index in [2.05, 4.69) is 15.4 Å². The van der Waals surface area contributed by atoms with Gasteiger partial charge >= 0.3 is 7.12 Å². The average molecular weight is 630 g/mol. The maximum absolute atomic E-state index is 14.5. The highest BCUT2D eigenvalue weighted by molar-refractivity contribution is 7.89. The van der Waals surface area contributed by atoms with Crippen LogP contribution >= 0.6 is 0 Å². The summed E-state index contributed by atoms with van der Waals surface area (Å²) >= 11 is 0. The summed E-state index contributed by atoms with van der Waals surface area (Å²) in [6.45, 7) is 0.270. The minimum Gasteiger partial charge on any atom is -0.497 e. The van der Waals surface area contributed by atoms with E-state index in [4.69, 9.17) is 14.2 Å². The lowest BCUT2D eigenvalue weighted by molar-refractivity contribution is 0.398. The van der Waals surface area contributed by atoms with Crippen molar-refractivity contribution in [1.29, 1.82) is 0 Å². The predicted molar refractivity (Wildman–Crippen MR) is 168 cm³/mol. The van der Waals surface area contributed by atoms with Crippen molar-refractivity contribution in [2.45, 2.75) is 24.5 Å². The van der Waals surface area contributed by atoms with Crippen molar-refractivity contribution in [3.05, 3.63) is 108 Å². The van der Waals surface area contributed by atoms with Crippen LogP contribution in [0, 0.1) is 0 Å². The summed E-state index contributed by atoms with van der Waals surface area (Å²) < 4.78 is 46.1. The molecule has 0 aliphatic heterocycles. The highest BCUT2D eigenvalue weighted by Crippen LogP contribution is 2.29. The quantitative estimate of drug-likeness (QED) is 0.186. The Hall–Kier alpha value is -4.76. The highest BCUT2D eigenvalue weighted by atomic mass is 32.2. The van der Waals surface area contributed by atoms with Crippen molar-refractivity contribution in [3.8, 4) is 28.6 Å². The van der Waals surface area contributed by atoms with Gasteiger partial charge in [-0.05, 0) is 69.8 Å². The molecule has 1 aromatic heterocycles. The van der Waals surface area contributed by atoms with Crippen LogP contribution in [0.3, 0.4) is 0 Å². The Morgan fingerprint density at radius 3 is 1.69 bits per heavy atom. The summed E-state index contributed by atoms with van der Waals surface area (Å²) in [5.41, 5.74) is 2.16. The van der Waals surface area contributed by atoms with Crippen LogP contribution in [-0.2, 0) is 29.7 Å². The number of rotatable bonds is 13. The zero-order valence-corrected chi connectivity index (χ0v) is 25.8. The molecular formula is C31H32BN5O7S. The smallest absolute Gasteiger partial charge is 0.489 e. The summed E-state index contributed by atoms with van der Waals surface area (Å²) in [5, 5.41) is 33.2. The van der Waals surface area contributed by atoms with Gasteiger partial charge in [-0.15, -0.1) is 10.2 Å². The molecule has 0 atom stereocenters. The van der Waals surface area contributed by atoms with Crippen LogP contribution in [0.4, 0.5) is 0 Å². The third kappa shape index (κ3) is 7.32. The van der Waals surface area contributed by atoms with Gasteiger partial charge in [0.1, 0.15) is 17.2 Å². The molecule has 0 radical (unpaired) electrons. The van der Waals surface area contributed by atoms with Crippen molar-refractivity contribution >= 4 is 22.6 Å². The van der Waals surface area contributed by atoms with E-state index in [9.17, 15) is 18.5 Å². The largest absolute Gasteiger partial charge is 0.497 e. The number of aromatic nitrogens is 4. The summed E-state index contributed by atoms with van der Waals surface area (Å²) in [4.78, 5) is 1.11. The molecule has 5 aromatic rings. The fourth-order valence-electron chi connectivity index (χ4n) is 4.76. The van der Waals surface area contributed by atoms with Crippen LogP contribution in [0.25, 0.3) is 11.4 Å². The van der Waals surface area contributed by atoms with Crippen molar-refractivity contribution in [1.82, 2.24) is 24.5 Å². The van der Waals surface area contributed by atoms with Gasteiger partial charge in [0.25, 0.3) is 0 Å². The Labute approximate surface area is 261 Å². The molecule has 0 bridgehead atoms. The zero-order valence-electron chi connectivity index (χ0n) is 24.9. The van der Waals surface area contributed by atoms with Crippen LogP contribution < -0.4 is 19.7 Å². The average Bonchev–Trinajstić information content (AvgIpc) is 3.53. The standard InChI is InChI=1S/C31H32BN5O7S/c1-42-25-13-7-22(8-14-25)19-36(20-23-9-15-26(43-2)16-10-23)45(40,41)29-6-4-5-28(32(38)39)30(29)31-33-35-37(34-31)21-24-11-17-27(44-3)18-12-24/h4-18,38-39H,19-21H2,1-3H3. The molecule has 0 saturated carbocycles. The van der Waals surface area contributed by atoms with Crippen LogP contribution in [0.15, 0.2) is 95.9 Å². The fraction of sp³-hybridized carbons (Fsp3) is 0.194. The molecule has 0 fully saturated rings. The molecule has 5 rings (SSSR count).